The molecule has 0 aromatic heterocycles. The molecule has 1 rings (SSSR count). The molecule has 0 saturated heterocycles. The summed E-state index contributed by atoms with van der Waals surface area (Å²) in [5.41, 5.74) is 2.78. The number of aliphatic hydroxyl groups is 1. The van der Waals surface area contributed by atoms with Crippen molar-refractivity contribution in [2.75, 3.05) is 33.9 Å². The summed E-state index contributed by atoms with van der Waals surface area (Å²) in [6.45, 7) is 11.8. The first-order chi connectivity index (χ1) is 12.0. The molecule has 1 aromatic carbocycles. The van der Waals surface area contributed by atoms with Gasteiger partial charge < -0.3 is 20.5 Å². The van der Waals surface area contributed by atoms with Crippen molar-refractivity contribution >= 4 is 5.91 Å². The molecule has 0 fully saturated rings. The molecule has 0 saturated carbocycles. The Labute approximate surface area is 154 Å². The summed E-state index contributed by atoms with van der Waals surface area (Å²) in [6.07, 6.45) is 1.43. The number of amides is 1. The summed E-state index contributed by atoms with van der Waals surface area (Å²) < 4.78 is 4.72. The third kappa shape index (κ3) is 12.6. The van der Waals surface area contributed by atoms with Crippen LogP contribution in [0.1, 0.15) is 55.1 Å². The Morgan fingerprint density at radius 3 is 2.36 bits per heavy atom. The van der Waals surface area contributed by atoms with Crippen LogP contribution in [0.2, 0.25) is 0 Å². The van der Waals surface area contributed by atoms with Gasteiger partial charge in [-0.25, -0.2) is 0 Å². The maximum atomic E-state index is 12.1. The molecule has 0 radical (unpaired) electrons. The molecule has 0 heterocycles. The largest absolute Gasteiger partial charge is 0.396 e. The van der Waals surface area contributed by atoms with E-state index in [0.29, 0.717) is 6.42 Å². The summed E-state index contributed by atoms with van der Waals surface area (Å²) in [4.78, 5) is 12.1. The van der Waals surface area contributed by atoms with E-state index in [1.54, 1.807) is 7.11 Å². The van der Waals surface area contributed by atoms with Gasteiger partial charge in [-0.3, -0.25) is 4.79 Å². The molecule has 25 heavy (non-hydrogen) atoms. The van der Waals surface area contributed by atoms with Crippen LogP contribution in [0.25, 0.3) is 0 Å². The van der Waals surface area contributed by atoms with Gasteiger partial charge in [0, 0.05) is 31.9 Å². The molecule has 0 aliphatic heterocycles. The molecule has 0 bridgehead atoms. The van der Waals surface area contributed by atoms with Crippen LogP contribution in [0.5, 0.6) is 0 Å². The zero-order chi connectivity index (χ0) is 19.7. The fourth-order valence-corrected chi connectivity index (χ4v) is 1.98. The fourth-order valence-electron chi connectivity index (χ4n) is 1.98. The molecule has 5 nitrogen and oxygen atoms in total. The van der Waals surface area contributed by atoms with Gasteiger partial charge in [0.15, 0.2) is 0 Å². The third-order valence-electron chi connectivity index (χ3n) is 3.50. The summed E-state index contributed by atoms with van der Waals surface area (Å²) >= 11 is 0. The molecular formula is C20H38N2O3. The van der Waals surface area contributed by atoms with Crippen molar-refractivity contribution in [1.82, 2.24) is 10.6 Å². The molecule has 146 valence electrons. The van der Waals surface area contributed by atoms with Gasteiger partial charge in [0.05, 0.1) is 6.61 Å². The SMILES string of the molecule is CC.CCC(CCO)NC(=O)c1cc(C)ccc1C.CNCCOC. The van der Waals surface area contributed by atoms with E-state index < -0.39 is 0 Å². The number of aryl methyl sites for hydroxylation is 2. The number of carbonyl (C=O) groups is 1. The number of likely N-dealkylation sites (N-methyl/N-ethyl adjacent to an activating group) is 1. The molecular weight excluding hydrogens is 316 g/mol. The van der Waals surface area contributed by atoms with Crippen molar-refractivity contribution in [2.24, 2.45) is 0 Å². The summed E-state index contributed by atoms with van der Waals surface area (Å²) in [5.74, 6) is -0.0495. The Morgan fingerprint density at radius 2 is 1.92 bits per heavy atom. The fraction of sp³-hybridized carbons (Fsp3) is 0.650. The highest BCUT2D eigenvalue weighted by molar-refractivity contribution is 5.96. The highest BCUT2D eigenvalue weighted by Crippen LogP contribution is 2.11. The second-order valence-electron chi connectivity index (χ2n) is 5.51. The maximum absolute atomic E-state index is 12.1. The van der Waals surface area contributed by atoms with E-state index in [0.717, 1.165) is 36.3 Å². The lowest BCUT2D eigenvalue weighted by Gasteiger charge is -2.16. The first kappa shape index (κ1) is 25.8. The normalized spacial score (nSPS) is 10.7. The Kier molecular flexibility index (Phi) is 18.0. The zero-order valence-corrected chi connectivity index (χ0v) is 17.1. The van der Waals surface area contributed by atoms with Crippen molar-refractivity contribution in [2.45, 2.75) is 53.5 Å². The minimum Gasteiger partial charge on any atom is -0.396 e. The minimum absolute atomic E-state index is 0.0485. The Balaban J connectivity index is 0. The molecule has 1 amide bonds. The van der Waals surface area contributed by atoms with Crippen LogP contribution >= 0.6 is 0 Å². The predicted octanol–water partition coefficient (Wildman–Crippen LogP) is 3.07. The number of methoxy groups -OCH3 is 1. The van der Waals surface area contributed by atoms with Crippen molar-refractivity contribution in [3.05, 3.63) is 34.9 Å². The first-order valence-electron chi connectivity index (χ1n) is 9.12. The van der Waals surface area contributed by atoms with E-state index in [9.17, 15) is 4.79 Å². The number of hydrogen-bond donors (Lipinski definition) is 3. The monoisotopic (exact) mass is 354 g/mol. The van der Waals surface area contributed by atoms with Crippen molar-refractivity contribution in [1.29, 1.82) is 0 Å². The molecule has 0 aliphatic rings. The molecule has 0 aliphatic carbocycles. The second kappa shape index (κ2) is 17.4. The highest BCUT2D eigenvalue weighted by atomic mass is 16.5. The lowest BCUT2D eigenvalue weighted by Crippen LogP contribution is -2.35. The van der Waals surface area contributed by atoms with E-state index in [2.05, 4.69) is 10.6 Å². The van der Waals surface area contributed by atoms with E-state index in [4.69, 9.17) is 9.84 Å². The number of nitrogens with one attached hydrogen (secondary N) is 2. The highest BCUT2D eigenvalue weighted by Gasteiger charge is 2.13. The van der Waals surface area contributed by atoms with Crippen LogP contribution in [-0.2, 0) is 4.74 Å². The lowest BCUT2D eigenvalue weighted by molar-refractivity contribution is 0.0928. The maximum Gasteiger partial charge on any atom is 0.251 e. The second-order valence-corrected chi connectivity index (χ2v) is 5.51. The first-order valence-corrected chi connectivity index (χ1v) is 9.12. The average Bonchev–Trinajstić information content (AvgIpc) is 2.63. The topological polar surface area (TPSA) is 70.6 Å². The van der Waals surface area contributed by atoms with E-state index in [1.165, 1.54) is 0 Å². The Morgan fingerprint density at radius 1 is 1.28 bits per heavy atom. The van der Waals surface area contributed by atoms with Gasteiger partial charge in [-0.15, -0.1) is 0 Å². The number of hydrogen-bond acceptors (Lipinski definition) is 4. The van der Waals surface area contributed by atoms with Gasteiger partial charge >= 0.3 is 0 Å². The van der Waals surface area contributed by atoms with E-state index in [1.807, 2.05) is 59.9 Å². The van der Waals surface area contributed by atoms with Crippen LogP contribution in [0.15, 0.2) is 18.2 Å². The minimum atomic E-state index is -0.0495. The van der Waals surface area contributed by atoms with Crippen LogP contribution in [0, 0.1) is 13.8 Å². The average molecular weight is 355 g/mol. The summed E-state index contributed by atoms with van der Waals surface area (Å²) in [5, 5.41) is 14.8. The quantitative estimate of drug-likeness (QED) is 0.628. The van der Waals surface area contributed by atoms with E-state index in [-0.39, 0.29) is 18.6 Å². The number of aliphatic hydroxyl groups excluding tert-OH is 1. The number of benzene rings is 1. The Hall–Kier alpha value is -1.43. The van der Waals surface area contributed by atoms with Gasteiger partial charge in [0.25, 0.3) is 5.91 Å². The molecule has 5 heteroatoms. The molecule has 3 N–H and O–H groups in total. The standard InChI is InChI=1S/C14H21NO2.C4H11NO.C2H6/c1-4-12(7-8-16)15-14(17)13-9-10(2)5-6-11(13)3;1-5-3-4-6-2;1-2/h5-6,9,12,16H,4,7-8H2,1-3H3,(H,15,17);5H,3-4H2,1-2H3;1-2H3. The summed E-state index contributed by atoms with van der Waals surface area (Å²) in [6, 6.07) is 5.90. The van der Waals surface area contributed by atoms with Crippen LogP contribution in [0.4, 0.5) is 0 Å². The zero-order valence-electron chi connectivity index (χ0n) is 17.1. The van der Waals surface area contributed by atoms with Crippen molar-refractivity contribution in [3.8, 4) is 0 Å². The third-order valence-corrected chi connectivity index (χ3v) is 3.50. The van der Waals surface area contributed by atoms with E-state index >= 15 is 0 Å². The van der Waals surface area contributed by atoms with Gasteiger partial charge in [-0.2, -0.15) is 0 Å². The lowest BCUT2D eigenvalue weighted by atomic mass is 10.0. The summed E-state index contributed by atoms with van der Waals surface area (Å²) in [7, 11) is 3.59. The number of carbonyl (C=O) groups excluding carboxylic acids is 1. The van der Waals surface area contributed by atoms with Crippen molar-refractivity contribution in [3.63, 3.8) is 0 Å². The molecule has 1 unspecified atom stereocenters. The Bertz CT molecular complexity index is 447. The molecule has 1 aromatic rings. The van der Waals surface area contributed by atoms with Gasteiger partial charge in [-0.05, 0) is 45.4 Å². The molecule has 0 spiro atoms. The van der Waals surface area contributed by atoms with Crippen LogP contribution < -0.4 is 10.6 Å². The predicted molar refractivity (Wildman–Crippen MR) is 106 cm³/mol. The van der Waals surface area contributed by atoms with Crippen LogP contribution in [-0.4, -0.2) is 51.0 Å². The van der Waals surface area contributed by atoms with Gasteiger partial charge in [-0.1, -0.05) is 38.5 Å². The smallest absolute Gasteiger partial charge is 0.251 e. The van der Waals surface area contributed by atoms with Gasteiger partial charge in [0.1, 0.15) is 0 Å². The van der Waals surface area contributed by atoms with Gasteiger partial charge in [0.2, 0.25) is 0 Å². The van der Waals surface area contributed by atoms with Crippen molar-refractivity contribution < 1.29 is 14.6 Å². The number of ether oxygens (including phenoxy) is 1. The molecule has 1 atom stereocenters. The number of rotatable bonds is 8. The van der Waals surface area contributed by atoms with Crippen LogP contribution in [0.3, 0.4) is 0 Å².